The minimum Gasteiger partial charge on any atom is -0.384 e. The summed E-state index contributed by atoms with van der Waals surface area (Å²) in [6.07, 6.45) is 5.65. The van der Waals surface area contributed by atoms with Crippen LogP contribution in [0.3, 0.4) is 0 Å². The Kier molecular flexibility index (Phi) is 13.4. The van der Waals surface area contributed by atoms with E-state index in [1.54, 1.807) is 85.7 Å². The molecule has 2 amide bonds. The summed E-state index contributed by atoms with van der Waals surface area (Å²) in [5.74, 6) is 0.0961. The predicted molar refractivity (Wildman–Crippen MR) is 239 cm³/mol. The average Bonchev–Trinajstić information content (AvgIpc) is 3.69. The number of rotatable bonds is 8. The van der Waals surface area contributed by atoms with Crippen molar-refractivity contribution in [2.45, 2.75) is 29.3 Å². The third-order valence-electron chi connectivity index (χ3n) is 9.42. The van der Waals surface area contributed by atoms with Crippen molar-refractivity contribution >= 4 is 83.0 Å². The van der Waals surface area contributed by atoms with Crippen molar-refractivity contribution in [3.8, 4) is 0 Å². The van der Waals surface area contributed by atoms with Crippen LogP contribution in [0.5, 0.6) is 0 Å². The first-order valence-electron chi connectivity index (χ1n) is 18.6. The lowest BCUT2D eigenvalue weighted by Crippen LogP contribution is -2.18. The molecular formula is C43H38ClN11O6S2. The summed E-state index contributed by atoms with van der Waals surface area (Å²) in [5.41, 5.74) is 11.5. The van der Waals surface area contributed by atoms with Crippen LogP contribution >= 0.6 is 11.6 Å². The van der Waals surface area contributed by atoms with Crippen LogP contribution in [0.2, 0.25) is 5.15 Å². The SMILES string of the molecule is CN1Cc2nc(Cl)cc(Nc3ccccc3S(C)(=O)=O)c2C1=O.[C-]#[N+]c1ccc(Cc2cc(Nc3ccccc3S(C)(=O)=O)c3c(n2)CN(C)C3=O)nc1.[C-]#[N+]c1ccc(N)nc1. The second-order valence-electron chi connectivity index (χ2n) is 14.3. The molecule has 0 unspecified atom stereocenters. The Morgan fingerprint density at radius 1 is 0.667 bits per heavy atom. The number of hydrogen-bond acceptors (Lipinski definition) is 13. The van der Waals surface area contributed by atoms with Crippen molar-refractivity contribution in [1.29, 1.82) is 0 Å². The highest BCUT2D eigenvalue weighted by atomic mass is 35.5. The first kappa shape index (κ1) is 45.1. The predicted octanol–water partition coefficient (Wildman–Crippen LogP) is 7.03. The standard InChI is InChI=1S/C22H19N5O3S.C15H14ClN3O3S.C6H5N3/c1-23-15-9-8-14(24-12-15)10-16-11-18(21-19(25-16)13-27(2)22(21)28)26-17-6-4-5-7-20(17)31(3,29)30;1-19-8-11-14(15(19)20)10(7-13(16)18-11)17-9-5-3-4-6-12(9)23(2,21)22;1-8-5-2-3-6(7)9-4-5/h4-9,11-12H,10,13H2,2-3H3,(H,25,26);3-7H,8H2,1-2H3,(H,17,18);2-4H,(H2,7,9). The summed E-state index contributed by atoms with van der Waals surface area (Å²) < 4.78 is 48.2. The molecule has 0 fully saturated rings. The van der Waals surface area contributed by atoms with Gasteiger partial charge < -0.3 is 26.2 Å². The normalized spacial score (nSPS) is 12.7. The van der Waals surface area contributed by atoms with E-state index in [1.165, 1.54) is 35.5 Å². The van der Waals surface area contributed by atoms with Gasteiger partial charge in [0.1, 0.15) is 11.0 Å². The molecule has 2 aliphatic heterocycles. The molecular weight excluding hydrogens is 866 g/mol. The number of hydrogen-bond donors (Lipinski definition) is 3. The Hall–Kier alpha value is -7.45. The Bertz CT molecular complexity index is 3060. The summed E-state index contributed by atoms with van der Waals surface area (Å²) in [6.45, 7) is 14.3. The molecule has 6 heterocycles. The number of carbonyl (C=O) groups excluding carboxylic acids is 2. The third-order valence-corrected chi connectivity index (χ3v) is 11.9. The fourth-order valence-electron chi connectivity index (χ4n) is 6.50. The molecule has 8 rings (SSSR count). The summed E-state index contributed by atoms with van der Waals surface area (Å²) in [6, 6.07) is 23.1. The fraction of sp³-hybridized carbons (Fsp3) is 0.163. The average molecular weight is 904 g/mol. The number of nitrogens with one attached hydrogen (secondary N) is 2. The van der Waals surface area contributed by atoms with E-state index < -0.39 is 19.7 Å². The summed E-state index contributed by atoms with van der Waals surface area (Å²) in [5, 5.41) is 6.41. The summed E-state index contributed by atoms with van der Waals surface area (Å²) in [4.78, 5) is 51.7. The second-order valence-corrected chi connectivity index (χ2v) is 18.6. The minimum atomic E-state index is -3.46. The highest BCUT2D eigenvalue weighted by Gasteiger charge is 2.31. The Labute approximate surface area is 369 Å². The molecule has 2 aromatic carbocycles. The van der Waals surface area contributed by atoms with Crippen molar-refractivity contribution in [3.63, 3.8) is 0 Å². The van der Waals surface area contributed by atoms with Gasteiger partial charge in [-0.2, -0.15) is 0 Å². The largest absolute Gasteiger partial charge is 0.384 e. The first-order chi connectivity index (χ1) is 29.9. The molecule has 0 radical (unpaired) electrons. The number of para-hydroxylation sites is 2. The molecule has 0 aliphatic carbocycles. The number of nitrogen functional groups attached to an aromatic ring is 1. The van der Waals surface area contributed by atoms with Gasteiger partial charge in [-0.05, 0) is 42.5 Å². The Morgan fingerprint density at radius 2 is 1.14 bits per heavy atom. The van der Waals surface area contributed by atoms with Gasteiger partial charge in [-0.3, -0.25) is 24.5 Å². The maximum Gasteiger partial charge on any atom is 0.257 e. The molecule has 63 heavy (non-hydrogen) atoms. The van der Waals surface area contributed by atoms with Gasteiger partial charge in [-0.15, -0.1) is 0 Å². The van der Waals surface area contributed by atoms with Gasteiger partial charge in [-0.25, -0.2) is 31.5 Å². The van der Waals surface area contributed by atoms with E-state index >= 15 is 0 Å². The number of amides is 2. The van der Waals surface area contributed by atoms with Gasteiger partial charge in [0.2, 0.25) is 11.4 Å². The van der Waals surface area contributed by atoms with Crippen LogP contribution in [0.4, 0.5) is 39.9 Å². The Balaban J connectivity index is 0.000000180. The zero-order valence-electron chi connectivity index (χ0n) is 34.2. The molecule has 6 aromatic rings. The smallest absolute Gasteiger partial charge is 0.257 e. The van der Waals surface area contributed by atoms with Crippen molar-refractivity contribution < 1.29 is 26.4 Å². The number of benzene rings is 2. The van der Waals surface area contributed by atoms with E-state index in [4.69, 9.17) is 30.5 Å². The number of pyridine rings is 4. The van der Waals surface area contributed by atoms with Crippen LogP contribution in [0.25, 0.3) is 9.69 Å². The quantitative estimate of drug-likeness (QED) is 0.103. The van der Waals surface area contributed by atoms with E-state index in [2.05, 4.69) is 40.3 Å². The maximum absolute atomic E-state index is 12.7. The zero-order valence-corrected chi connectivity index (χ0v) is 36.5. The van der Waals surface area contributed by atoms with E-state index in [9.17, 15) is 26.4 Å². The first-order valence-corrected chi connectivity index (χ1v) is 22.8. The van der Waals surface area contributed by atoms with E-state index in [1.807, 2.05) is 0 Å². The molecule has 0 spiro atoms. The molecule has 4 N–H and O–H groups in total. The van der Waals surface area contributed by atoms with Crippen LogP contribution in [0, 0.1) is 13.1 Å². The molecule has 0 bridgehead atoms. The lowest BCUT2D eigenvalue weighted by molar-refractivity contribution is 0.0809. The van der Waals surface area contributed by atoms with Crippen LogP contribution in [0.15, 0.2) is 107 Å². The monoisotopic (exact) mass is 903 g/mol. The molecule has 2 aliphatic rings. The van der Waals surface area contributed by atoms with Crippen molar-refractivity contribution in [2.24, 2.45) is 0 Å². The molecule has 20 heteroatoms. The fourth-order valence-corrected chi connectivity index (χ4v) is 8.40. The van der Waals surface area contributed by atoms with Crippen molar-refractivity contribution in [2.75, 3.05) is 43.0 Å². The molecule has 0 atom stereocenters. The molecule has 320 valence electrons. The molecule has 0 saturated carbocycles. The number of nitrogens with two attached hydrogens (primary N) is 1. The van der Waals surface area contributed by atoms with Gasteiger partial charge in [0.05, 0.1) is 81.3 Å². The van der Waals surface area contributed by atoms with Gasteiger partial charge in [0.15, 0.2) is 19.7 Å². The lowest BCUT2D eigenvalue weighted by Gasteiger charge is -2.15. The van der Waals surface area contributed by atoms with Crippen LogP contribution in [-0.4, -0.2) is 85.0 Å². The molecule has 17 nitrogen and oxygen atoms in total. The number of fused-ring (bicyclic) bond motifs is 2. The van der Waals surface area contributed by atoms with E-state index in [0.717, 1.165) is 18.2 Å². The van der Waals surface area contributed by atoms with E-state index in [0.29, 0.717) is 87.7 Å². The summed E-state index contributed by atoms with van der Waals surface area (Å²) >= 11 is 6.02. The number of anilines is 5. The number of sulfone groups is 2. The number of nitrogens with zero attached hydrogens (tertiary/aromatic N) is 8. The number of aromatic nitrogens is 4. The molecule has 0 saturated heterocycles. The highest BCUT2D eigenvalue weighted by molar-refractivity contribution is 7.91. The number of halogens is 1. The highest BCUT2D eigenvalue weighted by Crippen LogP contribution is 2.35. The maximum atomic E-state index is 12.7. The third kappa shape index (κ3) is 10.7. The topological polar surface area (TPSA) is 219 Å². The van der Waals surface area contributed by atoms with E-state index in [-0.39, 0.29) is 26.8 Å². The van der Waals surface area contributed by atoms with Crippen molar-refractivity contribution in [1.82, 2.24) is 29.7 Å². The van der Waals surface area contributed by atoms with Gasteiger partial charge in [0, 0.05) is 56.8 Å². The zero-order chi connectivity index (χ0) is 45.6. The van der Waals surface area contributed by atoms with Crippen LogP contribution in [0.1, 0.15) is 43.5 Å². The lowest BCUT2D eigenvalue weighted by atomic mass is 10.1. The molecule has 4 aromatic heterocycles. The van der Waals surface area contributed by atoms with Crippen LogP contribution in [-0.2, 0) is 39.2 Å². The van der Waals surface area contributed by atoms with Gasteiger partial charge in [0.25, 0.3) is 11.8 Å². The summed E-state index contributed by atoms with van der Waals surface area (Å²) in [7, 11) is -3.50. The van der Waals surface area contributed by atoms with Crippen molar-refractivity contribution in [3.05, 3.63) is 159 Å². The minimum absolute atomic E-state index is 0.150. The van der Waals surface area contributed by atoms with Crippen LogP contribution < -0.4 is 16.4 Å². The Morgan fingerprint density at radius 3 is 1.60 bits per heavy atom. The van der Waals surface area contributed by atoms with Gasteiger partial charge >= 0.3 is 0 Å². The second kappa shape index (κ2) is 18.7. The number of carbonyl (C=O) groups is 2. The van der Waals surface area contributed by atoms with Gasteiger partial charge in [-0.1, -0.05) is 54.1 Å².